The summed E-state index contributed by atoms with van der Waals surface area (Å²) in [6.45, 7) is 0.634. The van der Waals surface area contributed by atoms with Crippen LogP contribution in [0.5, 0.6) is 0 Å². The first kappa shape index (κ1) is 18.4. The number of amides is 1. The van der Waals surface area contributed by atoms with Gasteiger partial charge in [-0.1, -0.05) is 72.8 Å². The standard InChI is InChI=1S/C23H21NO3/c1-24(16-18-10-4-2-5-11-18)22(25)20-14-8-9-15-21(20)23(26)27-17-19-12-6-3-7-13-19/h2-15H,16-17H2,1H3. The third kappa shape index (κ3) is 4.82. The average Bonchev–Trinajstić information content (AvgIpc) is 2.73. The molecule has 4 heteroatoms. The van der Waals surface area contributed by atoms with Gasteiger partial charge in [0.2, 0.25) is 0 Å². The number of ether oxygens (including phenoxy) is 1. The molecule has 0 radical (unpaired) electrons. The third-order valence-electron chi connectivity index (χ3n) is 4.20. The fourth-order valence-electron chi connectivity index (χ4n) is 2.78. The van der Waals surface area contributed by atoms with Crippen LogP contribution in [0.1, 0.15) is 31.8 Å². The highest BCUT2D eigenvalue weighted by Gasteiger charge is 2.20. The van der Waals surface area contributed by atoms with Gasteiger partial charge in [0, 0.05) is 13.6 Å². The van der Waals surface area contributed by atoms with Crippen molar-refractivity contribution in [3.05, 3.63) is 107 Å². The van der Waals surface area contributed by atoms with E-state index < -0.39 is 5.97 Å². The Kier molecular flexibility index (Phi) is 6.00. The fourth-order valence-corrected chi connectivity index (χ4v) is 2.78. The van der Waals surface area contributed by atoms with Gasteiger partial charge >= 0.3 is 5.97 Å². The molecular weight excluding hydrogens is 338 g/mol. The van der Waals surface area contributed by atoms with Crippen LogP contribution in [0.2, 0.25) is 0 Å². The Morgan fingerprint density at radius 2 is 1.26 bits per heavy atom. The molecule has 0 spiro atoms. The second-order valence-electron chi connectivity index (χ2n) is 6.25. The number of benzene rings is 3. The molecular formula is C23H21NO3. The Hall–Kier alpha value is -3.40. The minimum atomic E-state index is -0.504. The zero-order valence-corrected chi connectivity index (χ0v) is 15.2. The van der Waals surface area contributed by atoms with E-state index in [-0.39, 0.29) is 18.1 Å². The van der Waals surface area contributed by atoms with Crippen molar-refractivity contribution in [3.8, 4) is 0 Å². The van der Waals surface area contributed by atoms with E-state index in [0.29, 0.717) is 12.1 Å². The first-order valence-corrected chi connectivity index (χ1v) is 8.74. The van der Waals surface area contributed by atoms with E-state index in [9.17, 15) is 9.59 Å². The minimum Gasteiger partial charge on any atom is -0.457 e. The van der Waals surface area contributed by atoms with Crippen LogP contribution in [0.4, 0.5) is 0 Å². The summed E-state index contributed by atoms with van der Waals surface area (Å²) >= 11 is 0. The number of nitrogens with zero attached hydrogens (tertiary/aromatic N) is 1. The van der Waals surface area contributed by atoms with Crippen LogP contribution < -0.4 is 0 Å². The van der Waals surface area contributed by atoms with Gasteiger partial charge in [-0.3, -0.25) is 4.79 Å². The number of hydrogen-bond acceptors (Lipinski definition) is 3. The van der Waals surface area contributed by atoms with Gasteiger partial charge in [0.25, 0.3) is 5.91 Å². The van der Waals surface area contributed by atoms with Crippen molar-refractivity contribution >= 4 is 11.9 Å². The van der Waals surface area contributed by atoms with Crippen molar-refractivity contribution in [1.29, 1.82) is 0 Å². The molecule has 0 aromatic heterocycles. The van der Waals surface area contributed by atoms with E-state index >= 15 is 0 Å². The summed E-state index contributed by atoms with van der Waals surface area (Å²) in [6, 6.07) is 25.9. The van der Waals surface area contributed by atoms with E-state index in [1.165, 1.54) is 0 Å². The molecule has 0 fully saturated rings. The number of esters is 1. The number of hydrogen-bond donors (Lipinski definition) is 0. The molecule has 3 aromatic carbocycles. The van der Waals surface area contributed by atoms with E-state index in [1.54, 1.807) is 36.2 Å². The first-order chi connectivity index (χ1) is 13.1. The van der Waals surface area contributed by atoms with Crippen molar-refractivity contribution in [2.45, 2.75) is 13.2 Å². The highest BCUT2D eigenvalue weighted by molar-refractivity contribution is 6.05. The number of carbonyl (C=O) groups is 2. The summed E-state index contributed by atoms with van der Waals surface area (Å²) in [5, 5.41) is 0. The molecule has 0 heterocycles. The van der Waals surface area contributed by atoms with Crippen LogP contribution in [0.3, 0.4) is 0 Å². The molecule has 1 amide bonds. The molecule has 0 atom stereocenters. The predicted molar refractivity (Wildman–Crippen MR) is 104 cm³/mol. The lowest BCUT2D eigenvalue weighted by Crippen LogP contribution is -2.28. The smallest absolute Gasteiger partial charge is 0.339 e. The van der Waals surface area contributed by atoms with Gasteiger partial charge in [-0.15, -0.1) is 0 Å². The maximum absolute atomic E-state index is 12.9. The van der Waals surface area contributed by atoms with Crippen LogP contribution in [-0.2, 0) is 17.9 Å². The van der Waals surface area contributed by atoms with Crippen molar-refractivity contribution in [1.82, 2.24) is 4.90 Å². The Bertz CT molecular complexity index is 907. The van der Waals surface area contributed by atoms with Crippen LogP contribution in [0.25, 0.3) is 0 Å². The molecule has 0 saturated carbocycles. The van der Waals surface area contributed by atoms with Gasteiger partial charge in [-0.2, -0.15) is 0 Å². The molecule has 0 aliphatic carbocycles. The lowest BCUT2D eigenvalue weighted by atomic mass is 10.1. The third-order valence-corrected chi connectivity index (χ3v) is 4.20. The Morgan fingerprint density at radius 3 is 1.89 bits per heavy atom. The molecule has 0 bridgehead atoms. The fraction of sp³-hybridized carbons (Fsp3) is 0.130. The van der Waals surface area contributed by atoms with Crippen molar-refractivity contribution in [2.24, 2.45) is 0 Å². The maximum atomic E-state index is 12.9. The maximum Gasteiger partial charge on any atom is 0.339 e. The number of rotatable bonds is 6. The molecule has 27 heavy (non-hydrogen) atoms. The lowest BCUT2D eigenvalue weighted by Gasteiger charge is -2.19. The monoisotopic (exact) mass is 359 g/mol. The molecule has 0 saturated heterocycles. The lowest BCUT2D eigenvalue weighted by molar-refractivity contribution is 0.0467. The largest absolute Gasteiger partial charge is 0.457 e. The van der Waals surface area contributed by atoms with Crippen LogP contribution in [0.15, 0.2) is 84.9 Å². The summed E-state index contributed by atoms with van der Waals surface area (Å²) < 4.78 is 5.39. The Balaban J connectivity index is 1.72. The van der Waals surface area contributed by atoms with Gasteiger partial charge in [-0.25, -0.2) is 4.79 Å². The van der Waals surface area contributed by atoms with Crippen LogP contribution in [0, 0.1) is 0 Å². The van der Waals surface area contributed by atoms with E-state index in [2.05, 4.69) is 0 Å². The summed E-state index contributed by atoms with van der Waals surface area (Å²) in [5.41, 5.74) is 2.54. The SMILES string of the molecule is CN(Cc1ccccc1)C(=O)c1ccccc1C(=O)OCc1ccccc1. The van der Waals surface area contributed by atoms with Crippen LogP contribution in [-0.4, -0.2) is 23.8 Å². The van der Waals surface area contributed by atoms with Gasteiger partial charge in [0.05, 0.1) is 11.1 Å². The molecule has 3 aromatic rings. The molecule has 0 unspecified atom stereocenters. The second kappa shape index (κ2) is 8.81. The van der Waals surface area contributed by atoms with Gasteiger partial charge < -0.3 is 9.64 Å². The molecule has 0 aliphatic rings. The summed E-state index contributed by atoms with van der Waals surface area (Å²) in [5.74, 6) is -0.720. The first-order valence-electron chi connectivity index (χ1n) is 8.74. The normalized spacial score (nSPS) is 10.3. The highest BCUT2D eigenvalue weighted by atomic mass is 16.5. The zero-order valence-electron chi connectivity index (χ0n) is 15.2. The minimum absolute atomic E-state index is 0.169. The second-order valence-corrected chi connectivity index (χ2v) is 6.25. The zero-order chi connectivity index (χ0) is 19.1. The van der Waals surface area contributed by atoms with E-state index in [0.717, 1.165) is 11.1 Å². The highest BCUT2D eigenvalue weighted by Crippen LogP contribution is 2.15. The summed E-state index contributed by atoms with van der Waals surface area (Å²) in [6.07, 6.45) is 0. The van der Waals surface area contributed by atoms with Gasteiger partial charge in [0.1, 0.15) is 6.61 Å². The van der Waals surface area contributed by atoms with Crippen molar-refractivity contribution in [2.75, 3.05) is 7.05 Å². The Morgan fingerprint density at radius 1 is 0.741 bits per heavy atom. The number of carbonyl (C=O) groups excluding carboxylic acids is 2. The van der Waals surface area contributed by atoms with Crippen molar-refractivity contribution in [3.63, 3.8) is 0 Å². The molecule has 0 N–H and O–H groups in total. The Labute approximate surface area is 159 Å². The summed E-state index contributed by atoms with van der Waals surface area (Å²) in [7, 11) is 1.72. The summed E-state index contributed by atoms with van der Waals surface area (Å²) in [4.78, 5) is 27.0. The molecule has 136 valence electrons. The van der Waals surface area contributed by atoms with Crippen LogP contribution >= 0.6 is 0 Å². The quantitative estimate of drug-likeness (QED) is 0.616. The molecule has 0 aliphatic heterocycles. The molecule has 3 rings (SSSR count). The van der Waals surface area contributed by atoms with Gasteiger partial charge in [0.15, 0.2) is 0 Å². The predicted octanol–water partition coefficient (Wildman–Crippen LogP) is 4.32. The van der Waals surface area contributed by atoms with E-state index in [4.69, 9.17) is 4.74 Å². The van der Waals surface area contributed by atoms with E-state index in [1.807, 2.05) is 60.7 Å². The topological polar surface area (TPSA) is 46.6 Å². The molecule has 4 nitrogen and oxygen atoms in total. The van der Waals surface area contributed by atoms with Crippen molar-refractivity contribution < 1.29 is 14.3 Å². The van der Waals surface area contributed by atoms with Gasteiger partial charge in [-0.05, 0) is 23.3 Å². The average molecular weight is 359 g/mol.